The van der Waals surface area contributed by atoms with Gasteiger partial charge in [-0.15, -0.1) is 0 Å². The first-order valence-electron chi connectivity index (χ1n) is 8.09. The maximum absolute atomic E-state index is 13.8. The number of nitrogens with one attached hydrogen (secondary N) is 1. The highest BCUT2D eigenvalue weighted by Crippen LogP contribution is 2.17. The van der Waals surface area contributed by atoms with Gasteiger partial charge in [-0.05, 0) is 36.8 Å². The minimum Gasteiger partial charge on any atom is -0.494 e. The molecule has 0 amide bonds. The van der Waals surface area contributed by atoms with Crippen LogP contribution in [-0.4, -0.2) is 23.5 Å². The number of methoxy groups -OCH3 is 1. The van der Waals surface area contributed by atoms with Crippen LogP contribution in [0, 0.1) is 12.7 Å². The molecule has 0 spiro atoms. The minimum atomic E-state index is -0.370. The highest BCUT2D eigenvalue weighted by molar-refractivity contribution is 5.39. The second kappa shape index (κ2) is 7.03. The number of quaternary nitrogens is 1. The van der Waals surface area contributed by atoms with Crippen LogP contribution in [0.3, 0.4) is 0 Å². The molecule has 0 radical (unpaired) electrons. The maximum Gasteiger partial charge on any atom is 0.258 e. The van der Waals surface area contributed by atoms with Gasteiger partial charge in [0.25, 0.3) is 5.56 Å². The van der Waals surface area contributed by atoms with Gasteiger partial charge in [-0.2, -0.15) is 0 Å². The summed E-state index contributed by atoms with van der Waals surface area (Å²) >= 11 is 0. The number of halogens is 1. The van der Waals surface area contributed by atoms with Crippen LogP contribution in [0.4, 0.5) is 4.39 Å². The monoisotopic (exact) mass is 342 g/mol. The van der Waals surface area contributed by atoms with Crippen molar-refractivity contribution in [3.05, 3.63) is 75.6 Å². The normalized spacial score (nSPS) is 12.3. The Kier molecular flexibility index (Phi) is 4.81. The van der Waals surface area contributed by atoms with Crippen LogP contribution in [0.1, 0.15) is 16.8 Å². The number of rotatable bonds is 5. The zero-order chi connectivity index (χ0) is 18.0. The average Bonchev–Trinajstić information content (AvgIpc) is 2.56. The lowest BCUT2D eigenvalue weighted by Crippen LogP contribution is -3.06. The van der Waals surface area contributed by atoms with Crippen molar-refractivity contribution < 1.29 is 14.0 Å². The summed E-state index contributed by atoms with van der Waals surface area (Å²) in [6.07, 6.45) is 1.78. The van der Waals surface area contributed by atoms with Crippen LogP contribution in [0.5, 0.6) is 5.75 Å². The molecule has 2 aromatic heterocycles. The first kappa shape index (κ1) is 17.1. The summed E-state index contributed by atoms with van der Waals surface area (Å²) in [7, 11) is 3.43. The number of aromatic nitrogens is 2. The molecule has 0 aliphatic heterocycles. The Morgan fingerprint density at radius 3 is 2.72 bits per heavy atom. The van der Waals surface area contributed by atoms with E-state index in [1.54, 1.807) is 22.7 Å². The summed E-state index contributed by atoms with van der Waals surface area (Å²) in [6, 6.07) is 10.3. The van der Waals surface area contributed by atoms with Crippen LogP contribution in [0.2, 0.25) is 0 Å². The van der Waals surface area contributed by atoms with Crippen LogP contribution in [0.15, 0.2) is 47.4 Å². The third kappa shape index (κ3) is 3.85. The highest BCUT2D eigenvalue weighted by atomic mass is 19.1. The lowest BCUT2D eigenvalue weighted by Gasteiger charge is -2.14. The van der Waals surface area contributed by atoms with Gasteiger partial charge in [-0.1, -0.05) is 6.07 Å². The summed E-state index contributed by atoms with van der Waals surface area (Å²) in [4.78, 5) is 17.9. The van der Waals surface area contributed by atoms with Gasteiger partial charge in [-0.25, -0.2) is 9.37 Å². The standard InChI is InChI=1S/C19H20FN3O2/c1-13-4-7-18-21-15(9-19(24)23(18)10-13)12-22(2)11-14-5-6-17(25-3)16(20)8-14/h4-10H,11-12H2,1-3H3/p+1. The molecule has 5 nitrogen and oxygen atoms in total. The molecular weight excluding hydrogens is 321 g/mol. The molecule has 2 heterocycles. The van der Waals surface area contributed by atoms with E-state index >= 15 is 0 Å². The number of aryl methyl sites for hydroxylation is 1. The van der Waals surface area contributed by atoms with E-state index in [-0.39, 0.29) is 17.1 Å². The van der Waals surface area contributed by atoms with Crippen molar-refractivity contribution in [2.75, 3.05) is 14.2 Å². The zero-order valence-corrected chi connectivity index (χ0v) is 14.5. The fourth-order valence-corrected chi connectivity index (χ4v) is 2.89. The quantitative estimate of drug-likeness (QED) is 0.762. The molecule has 1 unspecified atom stereocenters. The summed E-state index contributed by atoms with van der Waals surface area (Å²) in [5.74, 6) is -0.133. The molecule has 3 aromatic rings. The SMILES string of the molecule is COc1ccc(C[NH+](C)Cc2cc(=O)n3cc(C)ccc3n2)cc1F. The molecule has 0 bridgehead atoms. The highest BCUT2D eigenvalue weighted by Gasteiger charge is 2.11. The molecule has 1 N–H and O–H groups in total. The Morgan fingerprint density at radius 1 is 1.20 bits per heavy atom. The van der Waals surface area contributed by atoms with E-state index in [0.717, 1.165) is 21.7 Å². The molecule has 3 rings (SSSR count). The molecule has 0 fully saturated rings. The van der Waals surface area contributed by atoms with Crippen LogP contribution in [-0.2, 0) is 13.1 Å². The second-order valence-corrected chi connectivity index (χ2v) is 6.30. The molecule has 1 aromatic carbocycles. The Labute approximate surface area is 145 Å². The van der Waals surface area contributed by atoms with E-state index in [9.17, 15) is 9.18 Å². The average molecular weight is 342 g/mol. The summed E-state index contributed by atoms with van der Waals surface area (Å²) in [5.41, 5.74) is 3.14. The van der Waals surface area contributed by atoms with Gasteiger partial charge in [0, 0.05) is 17.8 Å². The van der Waals surface area contributed by atoms with Crippen molar-refractivity contribution >= 4 is 5.65 Å². The Bertz CT molecular complexity index is 969. The summed E-state index contributed by atoms with van der Waals surface area (Å²) in [5, 5.41) is 0. The number of ether oxygens (including phenoxy) is 1. The van der Waals surface area contributed by atoms with E-state index in [1.807, 2.05) is 32.2 Å². The van der Waals surface area contributed by atoms with Gasteiger partial charge >= 0.3 is 0 Å². The summed E-state index contributed by atoms with van der Waals surface area (Å²) < 4.78 is 20.3. The van der Waals surface area contributed by atoms with Crippen molar-refractivity contribution in [1.82, 2.24) is 9.38 Å². The van der Waals surface area contributed by atoms with Crippen molar-refractivity contribution in [2.45, 2.75) is 20.0 Å². The number of nitrogens with zero attached hydrogens (tertiary/aromatic N) is 2. The third-order valence-electron chi connectivity index (χ3n) is 4.07. The van der Waals surface area contributed by atoms with Gasteiger partial charge in [0.15, 0.2) is 11.6 Å². The lowest BCUT2D eigenvalue weighted by molar-refractivity contribution is -0.908. The number of fused-ring (bicyclic) bond motifs is 1. The van der Waals surface area contributed by atoms with E-state index in [0.29, 0.717) is 18.7 Å². The first-order chi connectivity index (χ1) is 12.0. The number of benzene rings is 1. The lowest BCUT2D eigenvalue weighted by atomic mass is 10.2. The first-order valence-corrected chi connectivity index (χ1v) is 8.09. The Hall–Kier alpha value is -2.73. The Morgan fingerprint density at radius 2 is 2.00 bits per heavy atom. The molecule has 1 atom stereocenters. The molecule has 0 saturated carbocycles. The van der Waals surface area contributed by atoms with E-state index in [4.69, 9.17) is 4.74 Å². The van der Waals surface area contributed by atoms with Crippen molar-refractivity contribution in [1.29, 1.82) is 0 Å². The zero-order valence-electron chi connectivity index (χ0n) is 14.5. The fraction of sp³-hybridized carbons (Fsp3) is 0.263. The van der Waals surface area contributed by atoms with Gasteiger partial charge in [0.05, 0.1) is 14.2 Å². The molecular formula is C19H21FN3O2+. The van der Waals surface area contributed by atoms with Crippen molar-refractivity contribution in [3.8, 4) is 5.75 Å². The smallest absolute Gasteiger partial charge is 0.258 e. The summed E-state index contributed by atoms with van der Waals surface area (Å²) in [6.45, 7) is 3.13. The molecule has 25 heavy (non-hydrogen) atoms. The van der Waals surface area contributed by atoms with Crippen molar-refractivity contribution in [2.24, 2.45) is 0 Å². The van der Waals surface area contributed by atoms with Crippen LogP contribution >= 0.6 is 0 Å². The molecule has 0 aliphatic rings. The van der Waals surface area contributed by atoms with Crippen LogP contribution in [0.25, 0.3) is 5.65 Å². The van der Waals surface area contributed by atoms with Crippen molar-refractivity contribution in [3.63, 3.8) is 0 Å². The molecule has 130 valence electrons. The minimum absolute atomic E-state index is 0.0907. The fourth-order valence-electron chi connectivity index (χ4n) is 2.89. The van der Waals surface area contributed by atoms with Gasteiger partial charge in [0.1, 0.15) is 24.4 Å². The van der Waals surface area contributed by atoms with E-state index in [2.05, 4.69) is 4.98 Å². The largest absolute Gasteiger partial charge is 0.494 e. The van der Waals surface area contributed by atoms with Gasteiger partial charge in [0.2, 0.25) is 0 Å². The van der Waals surface area contributed by atoms with Gasteiger partial charge < -0.3 is 9.64 Å². The predicted octanol–water partition coefficient (Wildman–Crippen LogP) is 1.37. The third-order valence-corrected chi connectivity index (χ3v) is 4.07. The Balaban J connectivity index is 1.77. The van der Waals surface area contributed by atoms with Crippen LogP contribution < -0.4 is 15.2 Å². The maximum atomic E-state index is 13.8. The molecule has 6 heteroatoms. The number of hydrogen-bond donors (Lipinski definition) is 1. The second-order valence-electron chi connectivity index (χ2n) is 6.30. The van der Waals surface area contributed by atoms with E-state index in [1.165, 1.54) is 13.2 Å². The van der Waals surface area contributed by atoms with E-state index < -0.39 is 0 Å². The predicted molar refractivity (Wildman–Crippen MR) is 93.4 cm³/mol. The number of pyridine rings is 1. The number of hydrogen-bond acceptors (Lipinski definition) is 3. The van der Waals surface area contributed by atoms with Gasteiger partial charge in [-0.3, -0.25) is 9.20 Å². The molecule has 0 aliphatic carbocycles. The molecule has 0 saturated heterocycles. The topological polar surface area (TPSA) is 48.0 Å².